The molecule has 1 rings (SSSR count). The molecule has 4 heteroatoms. The third kappa shape index (κ3) is 6.35. The molecule has 1 fully saturated rings. The Hall–Kier alpha value is -0.610. The van der Waals surface area contributed by atoms with Gasteiger partial charge in [-0.25, -0.2) is 0 Å². The van der Waals surface area contributed by atoms with Crippen molar-refractivity contribution in [3.05, 3.63) is 0 Å². The van der Waals surface area contributed by atoms with Crippen LogP contribution in [0, 0.1) is 5.92 Å². The number of ether oxygens (including phenoxy) is 1. The number of likely N-dealkylation sites (N-methyl/N-ethyl adjacent to an activating group) is 1. The minimum atomic E-state index is -0.564. The predicted molar refractivity (Wildman–Crippen MR) is 87.4 cm³/mol. The molecule has 1 aliphatic rings. The van der Waals surface area contributed by atoms with Gasteiger partial charge in [-0.15, -0.1) is 0 Å². The van der Waals surface area contributed by atoms with E-state index in [-0.39, 0.29) is 5.97 Å². The van der Waals surface area contributed by atoms with Crippen LogP contribution in [0.25, 0.3) is 0 Å². The third-order valence-corrected chi connectivity index (χ3v) is 4.58. The summed E-state index contributed by atoms with van der Waals surface area (Å²) in [6.45, 7) is 9.16. The highest BCUT2D eigenvalue weighted by Gasteiger charge is 2.33. The van der Waals surface area contributed by atoms with E-state index in [0.717, 1.165) is 32.0 Å². The van der Waals surface area contributed by atoms with Crippen LogP contribution >= 0.6 is 0 Å². The lowest BCUT2D eigenvalue weighted by Crippen LogP contribution is -2.52. The van der Waals surface area contributed by atoms with Crippen molar-refractivity contribution in [3.8, 4) is 0 Å². The van der Waals surface area contributed by atoms with E-state index in [1.807, 2.05) is 20.8 Å². The number of esters is 1. The van der Waals surface area contributed by atoms with Gasteiger partial charge < -0.3 is 15.0 Å². The van der Waals surface area contributed by atoms with Crippen LogP contribution in [-0.4, -0.2) is 49.7 Å². The van der Waals surface area contributed by atoms with Gasteiger partial charge in [0.15, 0.2) is 0 Å². The smallest absolute Gasteiger partial charge is 0.326 e. The number of nitrogens with zero attached hydrogens (tertiary/aromatic N) is 1. The van der Waals surface area contributed by atoms with Crippen LogP contribution in [0.5, 0.6) is 0 Å². The summed E-state index contributed by atoms with van der Waals surface area (Å²) in [7, 11) is 2.17. The average Bonchev–Trinajstić information content (AvgIpc) is 2.47. The lowest BCUT2D eigenvalue weighted by atomic mass is 9.89. The highest BCUT2D eigenvalue weighted by molar-refractivity contribution is 5.80. The van der Waals surface area contributed by atoms with Gasteiger partial charge in [0, 0.05) is 13.1 Å². The summed E-state index contributed by atoms with van der Waals surface area (Å²) in [6, 6.07) is 0. The Morgan fingerprint density at radius 1 is 1.29 bits per heavy atom. The first-order valence-electron chi connectivity index (χ1n) is 8.62. The van der Waals surface area contributed by atoms with E-state index in [1.54, 1.807) is 0 Å². The van der Waals surface area contributed by atoms with Crippen molar-refractivity contribution in [1.29, 1.82) is 0 Å². The van der Waals surface area contributed by atoms with E-state index in [1.165, 1.54) is 32.1 Å². The van der Waals surface area contributed by atoms with Crippen LogP contribution in [0.15, 0.2) is 0 Å². The van der Waals surface area contributed by atoms with Gasteiger partial charge in [0.25, 0.3) is 0 Å². The van der Waals surface area contributed by atoms with E-state index in [0.29, 0.717) is 6.61 Å². The summed E-state index contributed by atoms with van der Waals surface area (Å²) < 4.78 is 5.22. The van der Waals surface area contributed by atoms with Crippen molar-refractivity contribution in [2.45, 2.75) is 64.8 Å². The molecule has 0 heterocycles. The zero-order valence-corrected chi connectivity index (χ0v) is 14.4. The molecule has 21 heavy (non-hydrogen) atoms. The largest absolute Gasteiger partial charge is 0.465 e. The van der Waals surface area contributed by atoms with Gasteiger partial charge in [0.1, 0.15) is 5.54 Å². The van der Waals surface area contributed by atoms with Gasteiger partial charge in [-0.3, -0.25) is 4.79 Å². The maximum absolute atomic E-state index is 12.2. The molecule has 0 radical (unpaired) electrons. The quantitative estimate of drug-likeness (QED) is 0.665. The number of carbonyl (C=O) groups excluding carboxylic acids is 1. The Bertz CT molecular complexity index is 303. The fraction of sp³-hybridized carbons (Fsp3) is 0.941. The summed E-state index contributed by atoms with van der Waals surface area (Å²) in [5.41, 5.74) is -0.564. The maximum atomic E-state index is 12.2. The molecule has 0 spiro atoms. The number of rotatable bonds is 9. The first-order valence-corrected chi connectivity index (χ1v) is 8.62. The second kappa shape index (κ2) is 9.42. The lowest BCUT2D eigenvalue weighted by molar-refractivity contribution is -0.151. The zero-order valence-electron chi connectivity index (χ0n) is 14.4. The highest BCUT2D eigenvalue weighted by atomic mass is 16.5. The molecule has 1 unspecified atom stereocenters. The Kier molecular flexibility index (Phi) is 8.27. The summed E-state index contributed by atoms with van der Waals surface area (Å²) in [5.74, 6) is 0.717. The molecule has 0 aromatic heterocycles. The molecule has 0 bridgehead atoms. The number of nitrogens with one attached hydrogen (secondary N) is 1. The molecule has 0 aliphatic heterocycles. The molecule has 0 saturated heterocycles. The van der Waals surface area contributed by atoms with Crippen LogP contribution < -0.4 is 5.32 Å². The van der Waals surface area contributed by atoms with Crippen molar-refractivity contribution in [3.63, 3.8) is 0 Å². The molecular weight excluding hydrogens is 264 g/mol. The van der Waals surface area contributed by atoms with Gasteiger partial charge in [0.2, 0.25) is 0 Å². The fourth-order valence-corrected chi connectivity index (χ4v) is 3.26. The molecule has 1 aliphatic carbocycles. The summed E-state index contributed by atoms with van der Waals surface area (Å²) in [4.78, 5) is 14.5. The number of hydrogen-bond acceptors (Lipinski definition) is 4. The van der Waals surface area contributed by atoms with Crippen molar-refractivity contribution < 1.29 is 9.53 Å². The normalized spacial score (nSPS) is 19.5. The molecule has 1 saturated carbocycles. The van der Waals surface area contributed by atoms with Crippen molar-refractivity contribution in [1.82, 2.24) is 10.2 Å². The summed E-state index contributed by atoms with van der Waals surface area (Å²) in [5, 5.41) is 3.30. The SMILES string of the molecule is CCNC(C)(CCN(C)CC1CCCCC1)C(=O)OCC. The maximum Gasteiger partial charge on any atom is 0.326 e. The Morgan fingerprint density at radius 3 is 2.52 bits per heavy atom. The van der Waals surface area contributed by atoms with Crippen LogP contribution in [-0.2, 0) is 9.53 Å². The van der Waals surface area contributed by atoms with E-state index >= 15 is 0 Å². The van der Waals surface area contributed by atoms with Crippen molar-refractivity contribution >= 4 is 5.97 Å². The predicted octanol–water partition coefficient (Wildman–Crippen LogP) is 2.82. The molecule has 0 amide bonds. The molecule has 1 atom stereocenters. The molecule has 124 valence electrons. The van der Waals surface area contributed by atoms with Gasteiger partial charge >= 0.3 is 5.97 Å². The Balaban J connectivity index is 2.41. The van der Waals surface area contributed by atoms with E-state index in [4.69, 9.17) is 4.74 Å². The zero-order chi connectivity index (χ0) is 15.7. The third-order valence-electron chi connectivity index (χ3n) is 4.58. The van der Waals surface area contributed by atoms with E-state index < -0.39 is 5.54 Å². The summed E-state index contributed by atoms with van der Waals surface area (Å²) in [6.07, 6.45) is 7.71. The topological polar surface area (TPSA) is 41.6 Å². The number of carbonyl (C=O) groups is 1. The molecule has 1 N–H and O–H groups in total. The van der Waals surface area contributed by atoms with Gasteiger partial charge in [-0.1, -0.05) is 26.2 Å². The average molecular weight is 298 g/mol. The van der Waals surface area contributed by atoms with Crippen LogP contribution in [0.1, 0.15) is 59.3 Å². The lowest BCUT2D eigenvalue weighted by Gasteiger charge is -2.32. The van der Waals surface area contributed by atoms with Crippen molar-refractivity contribution in [2.24, 2.45) is 5.92 Å². The minimum Gasteiger partial charge on any atom is -0.465 e. The molecule has 4 nitrogen and oxygen atoms in total. The monoisotopic (exact) mass is 298 g/mol. The van der Waals surface area contributed by atoms with Crippen LogP contribution in [0.4, 0.5) is 0 Å². The van der Waals surface area contributed by atoms with Crippen molar-refractivity contribution in [2.75, 3.05) is 33.3 Å². The second-order valence-corrected chi connectivity index (χ2v) is 6.60. The Labute approximate surface area is 130 Å². The second-order valence-electron chi connectivity index (χ2n) is 6.60. The van der Waals surface area contributed by atoms with Gasteiger partial charge in [0.05, 0.1) is 6.61 Å². The first kappa shape index (κ1) is 18.4. The fourth-order valence-electron chi connectivity index (χ4n) is 3.26. The van der Waals surface area contributed by atoms with Crippen LogP contribution in [0.3, 0.4) is 0 Å². The van der Waals surface area contributed by atoms with Crippen LogP contribution in [0.2, 0.25) is 0 Å². The van der Waals surface area contributed by atoms with E-state index in [2.05, 4.69) is 17.3 Å². The van der Waals surface area contributed by atoms with Gasteiger partial charge in [-0.2, -0.15) is 0 Å². The number of hydrogen-bond donors (Lipinski definition) is 1. The highest BCUT2D eigenvalue weighted by Crippen LogP contribution is 2.24. The standard InChI is InChI=1S/C17H34N2O2/c1-5-18-17(3,16(20)21-6-2)12-13-19(4)14-15-10-8-7-9-11-15/h15,18H,5-14H2,1-4H3. The minimum absolute atomic E-state index is 0.127. The summed E-state index contributed by atoms with van der Waals surface area (Å²) >= 11 is 0. The first-order chi connectivity index (χ1) is 10.0. The molecule has 0 aromatic carbocycles. The Morgan fingerprint density at radius 2 is 1.95 bits per heavy atom. The van der Waals surface area contributed by atoms with Gasteiger partial charge in [-0.05, 0) is 52.6 Å². The molecular formula is C17H34N2O2. The molecule has 0 aromatic rings. The van der Waals surface area contributed by atoms with E-state index in [9.17, 15) is 4.79 Å².